The number of benzene rings is 1. The Morgan fingerprint density at radius 3 is 2.83 bits per heavy atom. The van der Waals surface area contributed by atoms with E-state index in [-0.39, 0.29) is 23.6 Å². The van der Waals surface area contributed by atoms with Gasteiger partial charge in [0.05, 0.1) is 0 Å². The molecule has 4 rings (SSSR count). The Hall–Kier alpha value is -3.20. The smallest absolute Gasteiger partial charge is 0.254 e. The number of amides is 2. The van der Waals surface area contributed by atoms with Crippen LogP contribution in [0.25, 0.3) is 0 Å². The molecule has 1 aromatic carbocycles. The molecule has 0 unspecified atom stereocenters. The summed E-state index contributed by atoms with van der Waals surface area (Å²) in [6.45, 7) is 0. The topological polar surface area (TPSA) is 148 Å². The maximum Gasteiger partial charge on any atom is 0.254 e. The molecule has 9 heteroatoms. The zero-order valence-corrected chi connectivity index (χ0v) is 16.1. The highest BCUT2D eigenvalue weighted by Gasteiger charge is 2.23. The summed E-state index contributed by atoms with van der Waals surface area (Å²) < 4.78 is 0. The van der Waals surface area contributed by atoms with Crippen LogP contribution in [0.3, 0.4) is 0 Å². The zero-order chi connectivity index (χ0) is 20.4. The van der Waals surface area contributed by atoms with Crippen LogP contribution in [0.15, 0.2) is 24.4 Å². The van der Waals surface area contributed by atoms with Crippen molar-refractivity contribution in [3.05, 3.63) is 35.5 Å². The highest BCUT2D eigenvalue weighted by Crippen LogP contribution is 2.28. The number of aryl methyl sites for hydroxylation is 1. The number of fused-ring (bicyclic) bond motifs is 1. The zero-order valence-electron chi connectivity index (χ0n) is 16.1. The Morgan fingerprint density at radius 2 is 2.03 bits per heavy atom. The van der Waals surface area contributed by atoms with Gasteiger partial charge in [-0.2, -0.15) is 4.98 Å². The number of hydrogen-bond acceptors (Lipinski definition) is 7. The van der Waals surface area contributed by atoms with Crippen LogP contribution >= 0.6 is 0 Å². The van der Waals surface area contributed by atoms with Gasteiger partial charge in [0.15, 0.2) is 0 Å². The van der Waals surface area contributed by atoms with E-state index < -0.39 is 5.91 Å². The van der Waals surface area contributed by atoms with Crippen molar-refractivity contribution in [1.82, 2.24) is 9.97 Å². The van der Waals surface area contributed by atoms with E-state index in [1.54, 1.807) is 0 Å². The van der Waals surface area contributed by atoms with Gasteiger partial charge in [-0.05, 0) is 43.0 Å². The first-order valence-corrected chi connectivity index (χ1v) is 9.88. The number of carbonyl (C=O) groups excluding carboxylic acids is 2. The minimum absolute atomic E-state index is 0.0154. The van der Waals surface area contributed by atoms with Crippen molar-refractivity contribution in [2.45, 2.75) is 50.6 Å². The molecule has 7 N–H and O–H groups in total. The molecule has 2 atom stereocenters. The van der Waals surface area contributed by atoms with Crippen LogP contribution in [-0.2, 0) is 11.2 Å². The van der Waals surface area contributed by atoms with Crippen molar-refractivity contribution >= 4 is 35.0 Å². The second kappa shape index (κ2) is 8.04. The van der Waals surface area contributed by atoms with E-state index in [9.17, 15) is 9.59 Å². The van der Waals surface area contributed by atoms with Crippen LogP contribution < -0.4 is 27.4 Å². The number of anilines is 4. The number of primary amides is 1. The molecule has 0 spiro atoms. The molecule has 1 aromatic heterocycles. The lowest BCUT2D eigenvalue weighted by Crippen LogP contribution is -2.43. The SMILES string of the molecule is NC(=O)c1cnc(N[C@@H]2CCCC[C@@H]2N)nc1Nc1ccc2c(c1)CCC(=O)N2. The summed E-state index contributed by atoms with van der Waals surface area (Å²) in [4.78, 5) is 32.1. The monoisotopic (exact) mass is 395 g/mol. The van der Waals surface area contributed by atoms with Crippen molar-refractivity contribution < 1.29 is 9.59 Å². The fraction of sp³-hybridized carbons (Fsp3) is 0.400. The predicted molar refractivity (Wildman–Crippen MR) is 111 cm³/mol. The number of nitrogens with one attached hydrogen (secondary N) is 3. The minimum atomic E-state index is -0.612. The Morgan fingerprint density at radius 1 is 1.21 bits per heavy atom. The highest BCUT2D eigenvalue weighted by atomic mass is 16.2. The molecule has 29 heavy (non-hydrogen) atoms. The van der Waals surface area contributed by atoms with Crippen molar-refractivity contribution in [3.8, 4) is 0 Å². The van der Waals surface area contributed by atoms with E-state index >= 15 is 0 Å². The van der Waals surface area contributed by atoms with Gasteiger partial charge >= 0.3 is 0 Å². The van der Waals surface area contributed by atoms with E-state index in [1.807, 2.05) is 18.2 Å². The van der Waals surface area contributed by atoms with E-state index in [0.717, 1.165) is 42.6 Å². The molecular formula is C20H25N7O2. The lowest BCUT2D eigenvalue weighted by Gasteiger charge is -2.29. The predicted octanol–water partition coefficient (Wildman–Crippen LogP) is 1.89. The first kappa shape index (κ1) is 19.1. The maximum atomic E-state index is 11.8. The van der Waals surface area contributed by atoms with Crippen LogP contribution in [0.1, 0.15) is 48.0 Å². The number of carbonyl (C=O) groups is 2. The summed E-state index contributed by atoms with van der Waals surface area (Å²) in [5.41, 5.74) is 14.5. The Kier molecular flexibility index (Phi) is 5.30. The van der Waals surface area contributed by atoms with Crippen LogP contribution in [0.5, 0.6) is 0 Å². The van der Waals surface area contributed by atoms with Crippen LogP contribution in [-0.4, -0.2) is 33.9 Å². The van der Waals surface area contributed by atoms with Crippen molar-refractivity contribution in [3.63, 3.8) is 0 Å². The molecule has 2 aliphatic rings. The Balaban J connectivity index is 1.58. The van der Waals surface area contributed by atoms with E-state index in [4.69, 9.17) is 11.5 Å². The average Bonchev–Trinajstić information content (AvgIpc) is 2.70. The standard InChI is InChI=1S/C20H25N7O2/c21-14-3-1-2-4-16(14)26-20-23-10-13(18(22)29)19(27-20)24-12-6-7-15-11(9-12)5-8-17(28)25-15/h6-7,9-10,14,16H,1-5,8,21H2,(H2,22,29)(H,25,28)(H2,23,24,26,27)/t14-,16+/m0/s1. The van der Waals surface area contributed by atoms with Crippen LogP contribution in [0.2, 0.25) is 0 Å². The van der Waals surface area contributed by atoms with Crippen LogP contribution in [0, 0.1) is 0 Å². The summed E-state index contributed by atoms with van der Waals surface area (Å²) in [7, 11) is 0. The molecule has 1 aliphatic carbocycles. The Bertz CT molecular complexity index is 946. The first-order chi connectivity index (χ1) is 14.0. The number of nitrogens with zero attached hydrogens (tertiary/aromatic N) is 2. The number of nitrogens with two attached hydrogens (primary N) is 2. The third-order valence-electron chi connectivity index (χ3n) is 5.45. The summed E-state index contributed by atoms with van der Waals surface area (Å²) in [5.74, 6) is 0.143. The molecule has 0 radical (unpaired) electrons. The fourth-order valence-electron chi connectivity index (χ4n) is 3.83. The molecule has 0 bridgehead atoms. The third kappa shape index (κ3) is 4.29. The van der Waals surface area contributed by atoms with Gasteiger partial charge < -0.3 is 27.4 Å². The van der Waals surface area contributed by atoms with Crippen molar-refractivity contribution in [2.24, 2.45) is 11.5 Å². The van der Waals surface area contributed by atoms with E-state index in [0.29, 0.717) is 24.6 Å². The van der Waals surface area contributed by atoms with Gasteiger partial charge in [-0.25, -0.2) is 4.98 Å². The molecular weight excluding hydrogens is 370 g/mol. The summed E-state index contributed by atoms with van der Waals surface area (Å²) in [6.07, 6.45) is 6.71. The summed E-state index contributed by atoms with van der Waals surface area (Å²) in [5, 5.41) is 9.31. The van der Waals surface area contributed by atoms with Crippen LogP contribution in [0.4, 0.5) is 23.1 Å². The maximum absolute atomic E-state index is 11.8. The van der Waals surface area contributed by atoms with E-state index in [1.165, 1.54) is 6.20 Å². The molecule has 152 valence electrons. The highest BCUT2D eigenvalue weighted by molar-refractivity contribution is 5.98. The largest absolute Gasteiger partial charge is 0.365 e. The molecule has 2 heterocycles. The van der Waals surface area contributed by atoms with Gasteiger partial charge in [0.1, 0.15) is 11.4 Å². The summed E-state index contributed by atoms with van der Waals surface area (Å²) >= 11 is 0. The summed E-state index contributed by atoms with van der Waals surface area (Å²) in [6, 6.07) is 5.74. The quantitative estimate of drug-likeness (QED) is 0.519. The first-order valence-electron chi connectivity index (χ1n) is 9.88. The molecule has 1 fully saturated rings. The van der Waals surface area contributed by atoms with Gasteiger partial charge in [-0.15, -0.1) is 0 Å². The van der Waals surface area contributed by atoms with Gasteiger partial charge in [-0.3, -0.25) is 9.59 Å². The second-order valence-corrected chi connectivity index (χ2v) is 7.56. The minimum Gasteiger partial charge on any atom is -0.365 e. The molecule has 2 aromatic rings. The molecule has 2 amide bonds. The van der Waals surface area contributed by atoms with Gasteiger partial charge in [-0.1, -0.05) is 12.8 Å². The van der Waals surface area contributed by atoms with E-state index in [2.05, 4.69) is 25.9 Å². The van der Waals surface area contributed by atoms with Gasteiger partial charge in [0, 0.05) is 36.1 Å². The normalized spacial score (nSPS) is 21.1. The van der Waals surface area contributed by atoms with Crippen molar-refractivity contribution in [2.75, 3.05) is 16.0 Å². The number of aromatic nitrogens is 2. The second-order valence-electron chi connectivity index (χ2n) is 7.56. The van der Waals surface area contributed by atoms with Gasteiger partial charge in [0.2, 0.25) is 11.9 Å². The molecule has 1 aliphatic heterocycles. The number of rotatable bonds is 5. The average molecular weight is 395 g/mol. The Labute approximate surface area is 168 Å². The fourth-order valence-corrected chi connectivity index (χ4v) is 3.83. The van der Waals surface area contributed by atoms with Crippen molar-refractivity contribution in [1.29, 1.82) is 0 Å². The lowest BCUT2D eigenvalue weighted by molar-refractivity contribution is -0.116. The lowest BCUT2D eigenvalue weighted by atomic mass is 9.91. The molecule has 9 nitrogen and oxygen atoms in total. The van der Waals surface area contributed by atoms with Gasteiger partial charge in [0.25, 0.3) is 5.91 Å². The molecule has 1 saturated carbocycles. The molecule has 0 saturated heterocycles. The third-order valence-corrected chi connectivity index (χ3v) is 5.45. The number of hydrogen-bond donors (Lipinski definition) is 5.